The van der Waals surface area contributed by atoms with Gasteiger partial charge in [-0.1, -0.05) is 30.3 Å². The van der Waals surface area contributed by atoms with Crippen molar-refractivity contribution in [1.82, 2.24) is 10.2 Å². The number of hydrogen-bond acceptors (Lipinski definition) is 3. The number of amides is 2. The molecule has 6 heteroatoms. The summed E-state index contributed by atoms with van der Waals surface area (Å²) in [6.45, 7) is 0.832. The lowest BCUT2D eigenvalue weighted by Crippen LogP contribution is -2.77. The monoisotopic (exact) mass is 382 g/mol. The zero-order valence-electron chi connectivity index (χ0n) is 15.8. The minimum atomic E-state index is -0.576. The van der Waals surface area contributed by atoms with E-state index in [0.29, 0.717) is 18.7 Å². The molecule has 0 bridgehead atoms. The maximum Gasteiger partial charge on any atom is 0.251 e. The van der Waals surface area contributed by atoms with E-state index in [1.54, 1.807) is 36.3 Å². The summed E-state index contributed by atoms with van der Waals surface area (Å²) < 4.78 is 18.8. The third-order valence-electron chi connectivity index (χ3n) is 5.90. The van der Waals surface area contributed by atoms with Gasteiger partial charge in [-0.3, -0.25) is 9.59 Å². The van der Waals surface area contributed by atoms with Crippen LogP contribution in [0.5, 0.6) is 0 Å². The van der Waals surface area contributed by atoms with Gasteiger partial charge in [0.2, 0.25) is 5.91 Å². The van der Waals surface area contributed by atoms with Gasteiger partial charge < -0.3 is 15.0 Å². The van der Waals surface area contributed by atoms with E-state index < -0.39 is 11.1 Å². The summed E-state index contributed by atoms with van der Waals surface area (Å²) in [6.07, 6.45) is 1.93. The summed E-state index contributed by atoms with van der Waals surface area (Å²) in [7, 11) is 1.66. The molecule has 4 rings (SSSR count). The Kier molecular flexibility index (Phi) is 4.67. The van der Waals surface area contributed by atoms with Crippen LogP contribution in [0, 0.1) is 5.82 Å². The van der Waals surface area contributed by atoms with Crippen molar-refractivity contribution in [2.75, 3.05) is 20.2 Å². The highest BCUT2D eigenvalue weighted by Crippen LogP contribution is 2.51. The van der Waals surface area contributed by atoms with Crippen molar-refractivity contribution in [3.63, 3.8) is 0 Å². The molecule has 2 aliphatic rings. The maximum atomic E-state index is 13.1. The van der Waals surface area contributed by atoms with Crippen LogP contribution < -0.4 is 5.32 Å². The van der Waals surface area contributed by atoms with Gasteiger partial charge >= 0.3 is 0 Å². The minimum absolute atomic E-state index is 0.0388. The van der Waals surface area contributed by atoms with E-state index in [4.69, 9.17) is 4.74 Å². The van der Waals surface area contributed by atoms with Crippen LogP contribution >= 0.6 is 0 Å². The number of carbonyl (C=O) groups excluding carboxylic acids is 2. The second-order valence-electron chi connectivity index (χ2n) is 7.65. The number of benzene rings is 2. The van der Waals surface area contributed by atoms with E-state index in [-0.39, 0.29) is 24.1 Å². The third kappa shape index (κ3) is 3.29. The van der Waals surface area contributed by atoms with Crippen LogP contribution in [0.25, 0.3) is 0 Å². The molecular weight excluding hydrogens is 359 g/mol. The highest BCUT2D eigenvalue weighted by Gasteiger charge is 2.66. The SMILES string of the molecule is COC1(C2(NC(=O)c3ccccc3)CN(C(=O)Cc3ccc(F)cc3)C2)CC1. The largest absolute Gasteiger partial charge is 0.376 e. The molecule has 0 spiro atoms. The molecule has 1 N–H and O–H groups in total. The van der Waals surface area contributed by atoms with E-state index in [1.165, 1.54) is 12.1 Å². The number of hydrogen-bond donors (Lipinski definition) is 1. The first-order chi connectivity index (χ1) is 13.5. The highest BCUT2D eigenvalue weighted by atomic mass is 19.1. The summed E-state index contributed by atoms with van der Waals surface area (Å²) in [4.78, 5) is 27.1. The minimum Gasteiger partial charge on any atom is -0.376 e. The molecule has 2 amide bonds. The molecule has 2 aromatic rings. The van der Waals surface area contributed by atoms with Crippen molar-refractivity contribution in [2.45, 2.75) is 30.4 Å². The Morgan fingerprint density at radius 3 is 2.29 bits per heavy atom. The molecule has 1 saturated heterocycles. The van der Waals surface area contributed by atoms with Crippen LogP contribution in [-0.2, 0) is 16.0 Å². The molecule has 1 saturated carbocycles. The quantitative estimate of drug-likeness (QED) is 0.835. The molecule has 0 atom stereocenters. The van der Waals surface area contributed by atoms with Gasteiger partial charge in [0.05, 0.1) is 12.0 Å². The molecule has 2 fully saturated rings. The molecule has 146 valence electrons. The molecule has 1 heterocycles. The van der Waals surface area contributed by atoms with Crippen molar-refractivity contribution >= 4 is 11.8 Å². The zero-order valence-corrected chi connectivity index (χ0v) is 15.8. The van der Waals surface area contributed by atoms with Gasteiger partial charge in [0.25, 0.3) is 5.91 Å². The molecule has 28 heavy (non-hydrogen) atoms. The lowest BCUT2D eigenvalue weighted by Gasteiger charge is -2.54. The summed E-state index contributed by atoms with van der Waals surface area (Å²) in [5.41, 5.74) is 0.368. The summed E-state index contributed by atoms with van der Waals surface area (Å²) in [5, 5.41) is 3.15. The molecule has 1 aliphatic carbocycles. The standard InChI is InChI=1S/C22H23FN2O3/c1-28-22(11-12-22)21(24-20(27)17-5-3-2-4-6-17)14-25(15-21)19(26)13-16-7-9-18(23)10-8-16/h2-10H,11-15H2,1H3,(H,24,27). The van der Waals surface area contributed by atoms with Gasteiger partial charge in [-0.25, -0.2) is 4.39 Å². The molecular formula is C22H23FN2O3. The summed E-state index contributed by atoms with van der Waals surface area (Å²) in [5.74, 6) is -0.517. The third-order valence-corrected chi connectivity index (χ3v) is 5.90. The number of halogens is 1. The van der Waals surface area contributed by atoms with Crippen LogP contribution in [0.1, 0.15) is 28.8 Å². The number of methoxy groups -OCH3 is 1. The molecule has 0 radical (unpaired) electrons. The second kappa shape index (κ2) is 7.02. The first-order valence-electron chi connectivity index (χ1n) is 9.42. The van der Waals surface area contributed by atoms with Gasteiger partial charge in [0, 0.05) is 25.8 Å². The van der Waals surface area contributed by atoms with Crippen LogP contribution in [-0.4, -0.2) is 48.1 Å². The van der Waals surface area contributed by atoms with E-state index in [1.807, 2.05) is 18.2 Å². The van der Waals surface area contributed by atoms with Gasteiger partial charge in [0.15, 0.2) is 0 Å². The predicted octanol–water partition coefficient (Wildman–Crippen LogP) is 2.56. The van der Waals surface area contributed by atoms with Crippen molar-refractivity contribution in [3.05, 3.63) is 71.5 Å². The van der Waals surface area contributed by atoms with Crippen molar-refractivity contribution in [1.29, 1.82) is 0 Å². The second-order valence-corrected chi connectivity index (χ2v) is 7.65. The van der Waals surface area contributed by atoms with Crippen LogP contribution in [0.2, 0.25) is 0 Å². The van der Waals surface area contributed by atoms with Crippen molar-refractivity contribution in [3.8, 4) is 0 Å². The maximum absolute atomic E-state index is 13.1. The van der Waals surface area contributed by atoms with Gasteiger partial charge in [0.1, 0.15) is 11.4 Å². The number of carbonyl (C=O) groups is 2. The Balaban J connectivity index is 1.45. The van der Waals surface area contributed by atoms with E-state index >= 15 is 0 Å². The van der Waals surface area contributed by atoms with Crippen molar-refractivity contribution < 1.29 is 18.7 Å². The molecule has 5 nitrogen and oxygen atoms in total. The van der Waals surface area contributed by atoms with Gasteiger partial charge in [-0.15, -0.1) is 0 Å². The van der Waals surface area contributed by atoms with Gasteiger partial charge in [-0.2, -0.15) is 0 Å². The highest BCUT2D eigenvalue weighted by molar-refractivity contribution is 5.95. The van der Waals surface area contributed by atoms with Crippen LogP contribution in [0.15, 0.2) is 54.6 Å². The predicted molar refractivity (Wildman–Crippen MR) is 102 cm³/mol. The van der Waals surface area contributed by atoms with E-state index in [0.717, 1.165) is 18.4 Å². The topological polar surface area (TPSA) is 58.6 Å². The number of ether oxygens (including phenoxy) is 1. The van der Waals surface area contributed by atoms with Gasteiger partial charge in [-0.05, 0) is 42.7 Å². The van der Waals surface area contributed by atoms with E-state index in [9.17, 15) is 14.0 Å². The average Bonchev–Trinajstić information content (AvgIpc) is 3.48. The number of rotatable bonds is 6. The smallest absolute Gasteiger partial charge is 0.251 e. The first kappa shape index (κ1) is 18.6. The number of nitrogens with zero attached hydrogens (tertiary/aromatic N) is 1. The van der Waals surface area contributed by atoms with Crippen LogP contribution in [0.3, 0.4) is 0 Å². The Morgan fingerprint density at radius 2 is 1.71 bits per heavy atom. The molecule has 0 unspecified atom stereocenters. The lowest BCUT2D eigenvalue weighted by molar-refractivity contribution is -0.147. The Labute approximate surface area is 163 Å². The number of likely N-dealkylation sites (tertiary alicyclic amines) is 1. The Bertz CT molecular complexity index is 872. The zero-order chi connectivity index (χ0) is 19.8. The molecule has 0 aromatic heterocycles. The Morgan fingerprint density at radius 1 is 1.07 bits per heavy atom. The fourth-order valence-electron chi connectivity index (χ4n) is 4.02. The summed E-state index contributed by atoms with van der Waals surface area (Å²) >= 11 is 0. The molecule has 2 aromatic carbocycles. The molecule has 1 aliphatic heterocycles. The Hall–Kier alpha value is -2.73. The van der Waals surface area contributed by atoms with Crippen molar-refractivity contribution in [2.24, 2.45) is 0 Å². The fourth-order valence-corrected chi connectivity index (χ4v) is 4.02. The normalized spacial score (nSPS) is 18.9. The summed E-state index contributed by atoms with van der Waals surface area (Å²) in [6, 6.07) is 15.0. The first-order valence-corrected chi connectivity index (χ1v) is 9.42. The van der Waals surface area contributed by atoms with E-state index in [2.05, 4.69) is 5.32 Å². The van der Waals surface area contributed by atoms with Crippen LogP contribution in [0.4, 0.5) is 4.39 Å². The lowest BCUT2D eigenvalue weighted by atomic mass is 9.80. The number of nitrogens with one attached hydrogen (secondary N) is 1. The average molecular weight is 382 g/mol. The fraction of sp³-hybridized carbons (Fsp3) is 0.364.